The van der Waals surface area contributed by atoms with Crippen LogP contribution in [0.25, 0.3) is 0 Å². The van der Waals surface area contributed by atoms with Crippen LogP contribution in [0, 0.1) is 5.92 Å². The van der Waals surface area contributed by atoms with Gasteiger partial charge < -0.3 is 15.0 Å². The molecule has 0 bridgehead atoms. The molecule has 128 valence electrons. The average Bonchev–Trinajstić information content (AvgIpc) is 2.90. The first kappa shape index (κ1) is 17.8. The van der Waals surface area contributed by atoms with Crippen LogP contribution in [0.3, 0.4) is 0 Å². The molecule has 1 atom stereocenters. The predicted molar refractivity (Wildman–Crippen MR) is 93.5 cm³/mol. The number of nitrogens with zero attached hydrogens (tertiary/aromatic N) is 1. The van der Waals surface area contributed by atoms with Crippen molar-refractivity contribution in [3.05, 3.63) is 29.8 Å². The van der Waals surface area contributed by atoms with Crippen LogP contribution in [0.2, 0.25) is 0 Å². The molecule has 2 rings (SSSR count). The Morgan fingerprint density at radius 3 is 2.70 bits per heavy atom. The Kier molecular flexibility index (Phi) is 6.90. The Bertz CT molecular complexity index is 485. The van der Waals surface area contributed by atoms with Gasteiger partial charge in [0.1, 0.15) is 5.75 Å². The lowest BCUT2D eigenvalue weighted by Crippen LogP contribution is -2.36. The molecule has 1 amide bonds. The van der Waals surface area contributed by atoms with Crippen molar-refractivity contribution in [3.8, 4) is 5.75 Å². The SMILES string of the molecule is COc1ccc(CNCCC2CCC(=O)N2CCC(C)C)cc1. The van der Waals surface area contributed by atoms with Crippen molar-refractivity contribution < 1.29 is 9.53 Å². The lowest BCUT2D eigenvalue weighted by atomic mass is 10.1. The minimum absolute atomic E-state index is 0.339. The topological polar surface area (TPSA) is 41.6 Å². The molecule has 1 aliphatic heterocycles. The maximum Gasteiger partial charge on any atom is 0.222 e. The van der Waals surface area contributed by atoms with Crippen LogP contribution in [0.5, 0.6) is 5.75 Å². The second-order valence-electron chi connectivity index (χ2n) is 6.78. The highest BCUT2D eigenvalue weighted by Gasteiger charge is 2.29. The minimum Gasteiger partial charge on any atom is -0.497 e. The van der Waals surface area contributed by atoms with Crippen LogP contribution in [-0.4, -0.2) is 37.0 Å². The number of likely N-dealkylation sites (tertiary alicyclic amines) is 1. The summed E-state index contributed by atoms with van der Waals surface area (Å²) in [6.45, 7) is 7.15. The lowest BCUT2D eigenvalue weighted by Gasteiger charge is -2.25. The third-order valence-electron chi connectivity index (χ3n) is 4.54. The summed E-state index contributed by atoms with van der Waals surface area (Å²) in [4.78, 5) is 14.1. The van der Waals surface area contributed by atoms with Crippen LogP contribution < -0.4 is 10.1 Å². The molecule has 1 N–H and O–H groups in total. The Morgan fingerprint density at radius 2 is 2.04 bits per heavy atom. The van der Waals surface area contributed by atoms with Crippen molar-refractivity contribution in [2.75, 3.05) is 20.2 Å². The van der Waals surface area contributed by atoms with Gasteiger partial charge in [0, 0.05) is 25.6 Å². The first-order valence-corrected chi connectivity index (χ1v) is 8.73. The number of hydrogen-bond donors (Lipinski definition) is 1. The van der Waals surface area contributed by atoms with Crippen molar-refractivity contribution in [1.29, 1.82) is 0 Å². The van der Waals surface area contributed by atoms with Crippen LogP contribution in [-0.2, 0) is 11.3 Å². The Hall–Kier alpha value is -1.55. The van der Waals surface area contributed by atoms with Gasteiger partial charge in [-0.25, -0.2) is 0 Å². The Balaban J connectivity index is 1.70. The zero-order valence-electron chi connectivity index (χ0n) is 14.7. The van der Waals surface area contributed by atoms with E-state index in [1.54, 1.807) is 7.11 Å². The molecule has 1 saturated heterocycles. The Morgan fingerprint density at radius 1 is 1.30 bits per heavy atom. The smallest absolute Gasteiger partial charge is 0.222 e. The molecule has 1 aliphatic rings. The van der Waals surface area contributed by atoms with E-state index in [4.69, 9.17) is 4.74 Å². The van der Waals surface area contributed by atoms with Crippen LogP contribution in [0.4, 0.5) is 0 Å². The van der Waals surface area contributed by atoms with E-state index in [-0.39, 0.29) is 0 Å². The molecule has 0 radical (unpaired) electrons. The summed E-state index contributed by atoms with van der Waals surface area (Å²) in [5, 5.41) is 3.49. The summed E-state index contributed by atoms with van der Waals surface area (Å²) in [7, 11) is 1.68. The predicted octanol–water partition coefficient (Wildman–Crippen LogP) is 3.21. The monoisotopic (exact) mass is 318 g/mol. The van der Waals surface area contributed by atoms with E-state index in [1.807, 2.05) is 12.1 Å². The number of methoxy groups -OCH3 is 1. The fraction of sp³-hybridized carbons (Fsp3) is 0.632. The molecule has 1 aromatic carbocycles. The van der Waals surface area contributed by atoms with E-state index >= 15 is 0 Å². The van der Waals surface area contributed by atoms with Gasteiger partial charge in [0.05, 0.1) is 7.11 Å². The van der Waals surface area contributed by atoms with Gasteiger partial charge in [0.15, 0.2) is 0 Å². The summed E-state index contributed by atoms with van der Waals surface area (Å²) in [5.74, 6) is 1.88. The molecule has 1 fully saturated rings. The van der Waals surface area contributed by atoms with Gasteiger partial charge in [-0.3, -0.25) is 4.79 Å². The summed E-state index contributed by atoms with van der Waals surface area (Å²) in [5.41, 5.74) is 1.25. The maximum atomic E-state index is 12.0. The first-order chi connectivity index (χ1) is 11.1. The first-order valence-electron chi connectivity index (χ1n) is 8.73. The average molecular weight is 318 g/mol. The van der Waals surface area contributed by atoms with Crippen LogP contribution >= 0.6 is 0 Å². The van der Waals surface area contributed by atoms with E-state index in [0.29, 0.717) is 17.9 Å². The molecule has 23 heavy (non-hydrogen) atoms. The molecule has 0 saturated carbocycles. The van der Waals surface area contributed by atoms with Crippen molar-refractivity contribution in [2.45, 2.75) is 52.1 Å². The number of nitrogens with one attached hydrogen (secondary N) is 1. The molecule has 0 aromatic heterocycles. The molecule has 4 nitrogen and oxygen atoms in total. The lowest BCUT2D eigenvalue weighted by molar-refractivity contribution is -0.129. The van der Waals surface area contributed by atoms with Crippen molar-refractivity contribution in [2.24, 2.45) is 5.92 Å². The van der Waals surface area contributed by atoms with E-state index in [9.17, 15) is 4.79 Å². The van der Waals surface area contributed by atoms with Gasteiger partial charge in [-0.1, -0.05) is 26.0 Å². The molecule has 0 spiro atoms. The van der Waals surface area contributed by atoms with Crippen molar-refractivity contribution in [1.82, 2.24) is 10.2 Å². The number of rotatable bonds is 9. The van der Waals surface area contributed by atoms with Gasteiger partial charge in [0.2, 0.25) is 5.91 Å². The Labute approximate surface area is 140 Å². The largest absolute Gasteiger partial charge is 0.497 e. The second kappa shape index (κ2) is 8.92. The number of ether oxygens (including phenoxy) is 1. The molecular formula is C19H30N2O2. The fourth-order valence-corrected chi connectivity index (χ4v) is 3.04. The summed E-state index contributed by atoms with van der Waals surface area (Å²) in [6, 6.07) is 8.56. The molecule has 1 heterocycles. The number of carbonyl (C=O) groups is 1. The summed E-state index contributed by atoms with van der Waals surface area (Å²) < 4.78 is 5.17. The number of hydrogen-bond acceptors (Lipinski definition) is 3. The highest BCUT2D eigenvalue weighted by molar-refractivity contribution is 5.78. The third-order valence-corrected chi connectivity index (χ3v) is 4.54. The number of benzene rings is 1. The second-order valence-corrected chi connectivity index (χ2v) is 6.78. The van der Waals surface area contributed by atoms with Crippen LogP contribution in [0.15, 0.2) is 24.3 Å². The highest BCUT2D eigenvalue weighted by Crippen LogP contribution is 2.22. The van der Waals surface area contributed by atoms with Crippen LogP contribution in [0.1, 0.15) is 45.1 Å². The zero-order valence-corrected chi connectivity index (χ0v) is 14.7. The fourth-order valence-electron chi connectivity index (χ4n) is 3.04. The maximum absolute atomic E-state index is 12.0. The molecule has 4 heteroatoms. The third kappa shape index (κ3) is 5.54. The normalized spacial score (nSPS) is 18.0. The van der Waals surface area contributed by atoms with E-state index in [1.165, 1.54) is 5.56 Å². The summed E-state index contributed by atoms with van der Waals surface area (Å²) >= 11 is 0. The quantitative estimate of drug-likeness (QED) is 0.711. The van der Waals surface area contributed by atoms with Gasteiger partial charge in [-0.05, 0) is 49.4 Å². The standard InChI is InChI=1S/C19H30N2O2/c1-15(2)11-13-21-17(6-9-19(21)22)10-12-20-14-16-4-7-18(23-3)8-5-16/h4-5,7-8,15,17,20H,6,9-14H2,1-3H3. The van der Waals surface area contributed by atoms with Gasteiger partial charge in [-0.2, -0.15) is 0 Å². The van der Waals surface area contributed by atoms with Gasteiger partial charge >= 0.3 is 0 Å². The van der Waals surface area contributed by atoms with Crippen molar-refractivity contribution >= 4 is 5.91 Å². The van der Waals surface area contributed by atoms with Gasteiger partial charge in [0.25, 0.3) is 0 Å². The minimum atomic E-state index is 0.339. The van der Waals surface area contributed by atoms with E-state index < -0.39 is 0 Å². The van der Waals surface area contributed by atoms with E-state index in [2.05, 4.69) is 36.2 Å². The van der Waals surface area contributed by atoms with E-state index in [0.717, 1.165) is 51.1 Å². The van der Waals surface area contributed by atoms with Crippen molar-refractivity contribution in [3.63, 3.8) is 0 Å². The molecule has 0 aliphatic carbocycles. The number of amides is 1. The summed E-state index contributed by atoms with van der Waals surface area (Å²) in [6.07, 6.45) is 3.88. The number of carbonyl (C=O) groups excluding carboxylic acids is 1. The molecule has 1 aromatic rings. The molecular weight excluding hydrogens is 288 g/mol. The highest BCUT2D eigenvalue weighted by atomic mass is 16.5. The zero-order chi connectivity index (χ0) is 16.7. The molecule has 1 unspecified atom stereocenters. The van der Waals surface area contributed by atoms with Gasteiger partial charge in [-0.15, -0.1) is 0 Å².